The van der Waals surface area contributed by atoms with Crippen LogP contribution in [0.2, 0.25) is 0 Å². The van der Waals surface area contributed by atoms with Gasteiger partial charge in [0, 0.05) is 11.3 Å². The van der Waals surface area contributed by atoms with E-state index in [0.717, 1.165) is 19.3 Å². The van der Waals surface area contributed by atoms with Gasteiger partial charge in [-0.05, 0) is 43.6 Å². The molecule has 0 saturated heterocycles. The van der Waals surface area contributed by atoms with Crippen LogP contribution in [0, 0.1) is 22.7 Å². The summed E-state index contributed by atoms with van der Waals surface area (Å²) in [6, 6.07) is -0.412. The summed E-state index contributed by atoms with van der Waals surface area (Å²) < 4.78 is 0. The highest BCUT2D eigenvalue weighted by Gasteiger charge is 2.34. The quantitative estimate of drug-likeness (QED) is 0.625. The maximum atomic E-state index is 12.8. The van der Waals surface area contributed by atoms with Crippen molar-refractivity contribution in [1.29, 1.82) is 0 Å². The average molecular weight is 341 g/mol. The molecule has 4 heteroatoms. The molecule has 0 aliphatic carbocycles. The van der Waals surface area contributed by atoms with E-state index in [-0.39, 0.29) is 28.9 Å². The summed E-state index contributed by atoms with van der Waals surface area (Å²) >= 11 is 0. The van der Waals surface area contributed by atoms with Gasteiger partial charge in [-0.1, -0.05) is 55.4 Å². The fourth-order valence-corrected chi connectivity index (χ4v) is 2.85. The van der Waals surface area contributed by atoms with E-state index in [4.69, 9.17) is 5.73 Å². The Bertz CT molecular complexity index is 403. The SMILES string of the molecule is CC(C)[C@H](CC(C)(C)C)C(=O)N[C@@H](CCCCN)C(=O)C(C)(C)C. The first-order valence-electron chi connectivity index (χ1n) is 9.34. The number of carbonyl (C=O) groups is 2. The first kappa shape index (κ1) is 23.1. The molecule has 0 saturated carbocycles. The molecule has 2 atom stereocenters. The Kier molecular flexibility index (Phi) is 9.19. The van der Waals surface area contributed by atoms with Gasteiger partial charge in [0.15, 0.2) is 5.78 Å². The molecular formula is C20H40N2O2. The van der Waals surface area contributed by atoms with Crippen LogP contribution in [0.5, 0.6) is 0 Å². The first-order chi connectivity index (χ1) is 10.8. The van der Waals surface area contributed by atoms with Gasteiger partial charge in [0.2, 0.25) is 5.91 Å². The van der Waals surface area contributed by atoms with E-state index < -0.39 is 11.5 Å². The van der Waals surface area contributed by atoms with Gasteiger partial charge in [-0.3, -0.25) is 9.59 Å². The van der Waals surface area contributed by atoms with Crippen molar-refractivity contribution in [2.75, 3.05) is 6.54 Å². The molecule has 1 amide bonds. The lowest BCUT2D eigenvalue weighted by Crippen LogP contribution is -2.48. The molecule has 142 valence electrons. The van der Waals surface area contributed by atoms with Crippen molar-refractivity contribution >= 4 is 11.7 Å². The third kappa shape index (κ3) is 8.81. The Morgan fingerprint density at radius 1 is 1.00 bits per heavy atom. The van der Waals surface area contributed by atoms with Crippen molar-refractivity contribution in [2.24, 2.45) is 28.4 Å². The normalized spacial score (nSPS) is 15.2. The van der Waals surface area contributed by atoms with Gasteiger partial charge in [-0.25, -0.2) is 0 Å². The number of nitrogens with one attached hydrogen (secondary N) is 1. The van der Waals surface area contributed by atoms with E-state index in [2.05, 4.69) is 39.9 Å². The summed E-state index contributed by atoms with van der Waals surface area (Å²) in [6.07, 6.45) is 3.21. The summed E-state index contributed by atoms with van der Waals surface area (Å²) in [5.41, 5.74) is 5.18. The molecule has 3 N–H and O–H groups in total. The molecule has 0 unspecified atom stereocenters. The number of Topliss-reactive ketones (excluding diaryl/α,β-unsaturated/α-hetero) is 1. The lowest BCUT2D eigenvalue weighted by Gasteiger charge is -2.31. The van der Waals surface area contributed by atoms with Gasteiger partial charge in [0.05, 0.1) is 6.04 Å². The number of hydrogen-bond acceptors (Lipinski definition) is 3. The van der Waals surface area contributed by atoms with Crippen LogP contribution in [0.25, 0.3) is 0 Å². The van der Waals surface area contributed by atoms with E-state index in [1.165, 1.54) is 0 Å². The van der Waals surface area contributed by atoms with Crippen LogP contribution in [-0.4, -0.2) is 24.3 Å². The highest BCUT2D eigenvalue weighted by atomic mass is 16.2. The number of unbranched alkanes of at least 4 members (excludes halogenated alkanes) is 1. The zero-order valence-corrected chi connectivity index (χ0v) is 17.2. The highest BCUT2D eigenvalue weighted by molar-refractivity contribution is 5.92. The van der Waals surface area contributed by atoms with Crippen LogP contribution >= 0.6 is 0 Å². The molecule has 0 radical (unpaired) electrons. The number of rotatable bonds is 9. The maximum absolute atomic E-state index is 12.8. The summed E-state index contributed by atoms with van der Waals surface area (Å²) in [7, 11) is 0. The Morgan fingerprint density at radius 3 is 1.92 bits per heavy atom. The minimum absolute atomic E-state index is 0.00951. The van der Waals surface area contributed by atoms with E-state index >= 15 is 0 Å². The fraction of sp³-hybridized carbons (Fsp3) is 0.900. The second-order valence-electron chi connectivity index (χ2n) is 9.58. The van der Waals surface area contributed by atoms with Gasteiger partial charge in [0.1, 0.15) is 0 Å². The van der Waals surface area contributed by atoms with Crippen LogP contribution in [0.15, 0.2) is 0 Å². The molecule has 0 aromatic carbocycles. The standard InChI is InChI=1S/C20H40N2O2/c1-14(2)15(13-19(3,4)5)18(24)22-16(11-9-10-12-21)17(23)20(6,7)8/h14-16H,9-13,21H2,1-8H3,(H,22,24)/t15-,16-/m0/s1. The molecule has 0 fully saturated rings. The summed E-state index contributed by atoms with van der Waals surface area (Å²) in [6.45, 7) is 16.9. The molecule has 24 heavy (non-hydrogen) atoms. The van der Waals surface area contributed by atoms with Gasteiger partial charge >= 0.3 is 0 Å². The Hall–Kier alpha value is -0.900. The molecule has 0 aliphatic rings. The molecule has 0 aliphatic heterocycles. The predicted octanol–water partition coefficient (Wildman–Crippen LogP) is 3.92. The highest BCUT2D eigenvalue weighted by Crippen LogP contribution is 2.29. The van der Waals surface area contributed by atoms with E-state index in [1.807, 2.05) is 20.8 Å². The Balaban J connectivity index is 5.14. The molecule has 0 aromatic heterocycles. The molecule has 0 bridgehead atoms. The van der Waals surface area contributed by atoms with E-state index in [9.17, 15) is 9.59 Å². The van der Waals surface area contributed by atoms with Crippen molar-refractivity contribution in [2.45, 2.75) is 87.1 Å². The zero-order chi connectivity index (χ0) is 19.1. The molecule has 0 rings (SSSR count). The molecular weight excluding hydrogens is 300 g/mol. The minimum atomic E-state index is -0.460. The smallest absolute Gasteiger partial charge is 0.223 e. The van der Waals surface area contributed by atoms with Gasteiger partial charge in [0.25, 0.3) is 0 Å². The summed E-state index contributed by atoms with van der Waals surface area (Å²) in [5.74, 6) is 0.287. The van der Waals surface area contributed by atoms with E-state index in [0.29, 0.717) is 13.0 Å². The lowest BCUT2D eigenvalue weighted by atomic mass is 9.78. The summed E-state index contributed by atoms with van der Waals surface area (Å²) in [4.78, 5) is 25.6. The number of hydrogen-bond donors (Lipinski definition) is 2. The minimum Gasteiger partial charge on any atom is -0.346 e. The number of nitrogens with two attached hydrogens (primary N) is 1. The third-order valence-corrected chi connectivity index (χ3v) is 4.29. The molecule has 0 aromatic rings. The largest absolute Gasteiger partial charge is 0.346 e. The fourth-order valence-electron chi connectivity index (χ4n) is 2.85. The van der Waals surface area contributed by atoms with Crippen LogP contribution in [0.3, 0.4) is 0 Å². The monoisotopic (exact) mass is 340 g/mol. The van der Waals surface area contributed by atoms with Gasteiger partial charge in [-0.15, -0.1) is 0 Å². The predicted molar refractivity (Wildman–Crippen MR) is 102 cm³/mol. The van der Waals surface area contributed by atoms with Crippen molar-refractivity contribution in [3.8, 4) is 0 Å². The van der Waals surface area contributed by atoms with Crippen molar-refractivity contribution < 1.29 is 9.59 Å². The molecule has 4 nitrogen and oxygen atoms in total. The van der Waals surface area contributed by atoms with Gasteiger partial charge in [-0.2, -0.15) is 0 Å². The van der Waals surface area contributed by atoms with E-state index in [1.54, 1.807) is 0 Å². The topological polar surface area (TPSA) is 72.2 Å². The van der Waals surface area contributed by atoms with Crippen LogP contribution in [0.1, 0.15) is 81.1 Å². The first-order valence-corrected chi connectivity index (χ1v) is 9.34. The van der Waals surface area contributed by atoms with Crippen molar-refractivity contribution in [3.05, 3.63) is 0 Å². The molecule has 0 spiro atoms. The average Bonchev–Trinajstić information content (AvgIpc) is 2.40. The Morgan fingerprint density at radius 2 is 1.54 bits per heavy atom. The zero-order valence-electron chi connectivity index (χ0n) is 17.2. The maximum Gasteiger partial charge on any atom is 0.223 e. The lowest BCUT2D eigenvalue weighted by molar-refractivity contribution is -0.135. The molecule has 0 heterocycles. The number of ketones is 1. The number of amides is 1. The van der Waals surface area contributed by atoms with Crippen LogP contribution in [0.4, 0.5) is 0 Å². The van der Waals surface area contributed by atoms with Crippen molar-refractivity contribution in [3.63, 3.8) is 0 Å². The second kappa shape index (κ2) is 9.55. The number of carbonyl (C=O) groups excluding carboxylic acids is 2. The summed E-state index contributed by atoms with van der Waals surface area (Å²) in [5, 5.41) is 3.06. The van der Waals surface area contributed by atoms with Gasteiger partial charge < -0.3 is 11.1 Å². The third-order valence-electron chi connectivity index (χ3n) is 4.29. The van der Waals surface area contributed by atoms with Crippen molar-refractivity contribution in [1.82, 2.24) is 5.32 Å². The van der Waals surface area contributed by atoms with Crippen LogP contribution in [-0.2, 0) is 9.59 Å². The van der Waals surface area contributed by atoms with Crippen LogP contribution < -0.4 is 11.1 Å². The Labute approximate surface area is 149 Å². The second-order valence-corrected chi connectivity index (χ2v) is 9.58.